The third-order valence-corrected chi connectivity index (χ3v) is 10.4. The van der Waals surface area contributed by atoms with Gasteiger partial charge in [-0.2, -0.15) is 9.40 Å². The van der Waals surface area contributed by atoms with Gasteiger partial charge in [0.25, 0.3) is 0 Å². The SMILES string of the molecule is Cc1cc(C)n(CCN(C(=O)C2CCN(S(=O)(=O)c3ccc(Cl)cc3)CC2)c2nc3c(C)cc(Cl)cc3s2)n1. The molecule has 1 amide bonds. The summed E-state index contributed by atoms with van der Waals surface area (Å²) in [4.78, 5) is 20.7. The van der Waals surface area contributed by atoms with Gasteiger partial charge in [0.1, 0.15) is 0 Å². The number of hydrogen-bond donors (Lipinski definition) is 0. The van der Waals surface area contributed by atoms with Crippen LogP contribution >= 0.6 is 34.5 Å². The number of piperidine rings is 1. The number of carbonyl (C=O) groups is 1. The number of carbonyl (C=O) groups excluding carboxylic acids is 1. The van der Waals surface area contributed by atoms with Crippen LogP contribution < -0.4 is 4.90 Å². The predicted molar refractivity (Wildman–Crippen MR) is 156 cm³/mol. The summed E-state index contributed by atoms with van der Waals surface area (Å²) in [7, 11) is -3.66. The molecular formula is C27H29Cl2N5O3S2. The van der Waals surface area contributed by atoms with Crippen molar-refractivity contribution in [2.24, 2.45) is 5.92 Å². The van der Waals surface area contributed by atoms with E-state index in [0.717, 1.165) is 27.2 Å². The monoisotopic (exact) mass is 605 g/mol. The standard InChI is InChI=1S/C27H29Cl2N5O3S2/c1-17-14-22(29)16-24-25(17)30-27(38-24)33(12-13-34-19(3)15-18(2)31-34)26(35)20-8-10-32(11-9-20)39(36,37)23-6-4-21(28)5-7-23/h4-7,14-16,20H,8-13H2,1-3H3. The molecule has 2 aromatic carbocycles. The van der Waals surface area contributed by atoms with E-state index in [4.69, 9.17) is 28.2 Å². The molecule has 0 saturated carbocycles. The van der Waals surface area contributed by atoms with Crippen LogP contribution in [-0.4, -0.2) is 53.0 Å². The Labute approximate surface area is 242 Å². The van der Waals surface area contributed by atoms with Gasteiger partial charge in [-0.3, -0.25) is 14.4 Å². The molecule has 0 N–H and O–H groups in total. The van der Waals surface area contributed by atoms with Gasteiger partial charge in [0, 0.05) is 41.3 Å². The molecule has 3 heterocycles. The Morgan fingerprint density at radius 3 is 2.38 bits per heavy atom. The highest BCUT2D eigenvalue weighted by atomic mass is 35.5. The van der Waals surface area contributed by atoms with Gasteiger partial charge in [0.2, 0.25) is 15.9 Å². The van der Waals surface area contributed by atoms with E-state index < -0.39 is 10.0 Å². The van der Waals surface area contributed by atoms with Crippen molar-refractivity contribution in [3.8, 4) is 0 Å². The van der Waals surface area contributed by atoms with Crippen LogP contribution in [0.25, 0.3) is 10.2 Å². The molecule has 1 saturated heterocycles. The number of nitrogens with zero attached hydrogens (tertiary/aromatic N) is 5. The minimum Gasteiger partial charge on any atom is -0.286 e. The van der Waals surface area contributed by atoms with E-state index in [1.165, 1.54) is 27.8 Å². The number of fused-ring (bicyclic) bond motifs is 1. The van der Waals surface area contributed by atoms with Gasteiger partial charge >= 0.3 is 0 Å². The van der Waals surface area contributed by atoms with Crippen molar-refractivity contribution in [2.75, 3.05) is 24.5 Å². The van der Waals surface area contributed by atoms with Crippen LogP contribution in [0.15, 0.2) is 47.4 Å². The van der Waals surface area contributed by atoms with E-state index in [2.05, 4.69) is 5.10 Å². The van der Waals surface area contributed by atoms with Crippen LogP contribution in [0.1, 0.15) is 29.8 Å². The average Bonchev–Trinajstić information content (AvgIpc) is 3.46. The number of benzene rings is 2. The van der Waals surface area contributed by atoms with Crippen LogP contribution in [0.3, 0.4) is 0 Å². The van der Waals surface area contributed by atoms with E-state index in [1.54, 1.807) is 17.0 Å². The zero-order chi connectivity index (χ0) is 27.9. The molecule has 0 atom stereocenters. The minimum absolute atomic E-state index is 0.0529. The van der Waals surface area contributed by atoms with Crippen LogP contribution in [0.2, 0.25) is 10.0 Å². The third-order valence-electron chi connectivity index (χ3n) is 7.03. The Kier molecular flexibility index (Phi) is 8.03. The number of hydrogen-bond acceptors (Lipinski definition) is 6. The molecule has 5 rings (SSSR count). The second-order valence-corrected chi connectivity index (χ2v) is 13.7. The molecule has 12 heteroatoms. The number of aromatic nitrogens is 3. The van der Waals surface area contributed by atoms with Crippen molar-refractivity contribution in [1.82, 2.24) is 19.1 Å². The highest BCUT2D eigenvalue weighted by Crippen LogP contribution is 2.35. The van der Waals surface area contributed by atoms with Crippen molar-refractivity contribution >= 4 is 65.8 Å². The third kappa shape index (κ3) is 5.85. The zero-order valence-electron chi connectivity index (χ0n) is 21.9. The second-order valence-electron chi connectivity index (χ2n) is 9.84. The topological polar surface area (TPSA) is 88.4 Å². The van der Waals surface area contributed by atoms with Gasteiger partial charge in [-0.05, 0) is 81.6 Å². The first-order valence-corrected chi connectivity index (χ1v) is 15.7. The van der Waals surface area contributed by atoms with Crippen LogP contribution in [0.4, 0.5) is 5.13 Å². The van der Waals surface area contributed by atoms with Gasteiger partial charge in [-0.25, -0.2) is 13.4 Å². The highest BCUT2D eigenvalue weighted by molar-refractivity contribution is 7.89. The second kappa shape index (κ2) is 11.2. The number of anilines is 1. The van der Waals surface area contributed by atoms with Gasteiger partial charge in [-0.15, -0.1) is 0 Å². The van der Waals surface area contributed by atoms with Gasteiger partial charge in [-0.1, -0.05) is 34.5 Å². The molecule has 1 fully saturated rings. The van der Waals surface area contributed by atoms with Crippen molar-refractivity contribution in [2.45, 2.75) is 45.1 Å². The fraction of sp³-hybridized carbons (Fsp3) is 0.370. The maximum Gasteiger partial charge on any atom is 0.243 e. The largest absolute Gasteiger partial charge is 0.286 e. The normalized spacial score (nSPS) is 15.2. The first kappa shape index (κ1) is 28.0. The molecule has 0 unspecified atom stereocenters. The van der Waals surface area contributed by atoms with Gasteiger partial charge < -0.3 is 0 Å². The number of amides is 1. The van der Waals surface area contributed by atoms with Crippen LogP contribution in [0, 0.1) is 26.7 Å². The number of halogens is 2. The minimum atomic E-state index is -3.66. The van der Waals surface area contributed by atoms with Crippen molar-refractivity contribution in [3.63, 3.8) is 0 Å². The average molecular weight is 607 g/mol. The molecular weight excluding hydrogens is 577 g/mol. The summed E-state index contributed by atoms with van der Waals surface area (Å²) in [6.07, 6.45) is 0.857. The summed E-state index contributed by atoms with van der Waals surface area (Å²) in [5.41, 5.74) is 3.72. The summed E-state index contributed by atoms with van der Waals surface area (Å²) in [5, 5.41) is 6.27. The highest BCUT2D eigenvalue weighted by Gasteiger charge is 2.35. The first-order valence-electron chi connectivity index (χ1n) is 12.7. The van der Waals surface area contributed by atoms with Gasteiger partial charge in [0.15, 0.2) is 5.13 Å². The molecule has 4 aromatic rings. The summed E-state index contributed by atoms with van der Waals surface area (Å²) < 4.78 is 30.5. The molecule has 39 heavy (non-hydrogen) atoms. The number of sulfonamides is 1. The molecule has 206 valence electrons. The van der Waals surface area contributed by atoms with E-state index in [0.29, 0.717) is 41.1 Å². The maximum atomic E-state index is 14.0. The maximum absolute atomic E-state index is 14.0. The Hall–Kier alpha value is -2.50. The summed E-state index contributed by atoms with van der Waals surface area (Å²) in [6, 6.07) is 11.9. The van der Waals surface area contributed by atoms with Crippen molar-refractivity contribution in [3.05, 3.63) is 69.5 Å². The lowest BCUT2D eigenvalue weighted by atomic mass is 9.96. The molecule has 0 radical (unpaired) electrons. The summed E-state index contributed by atoms with van der Waals surface area (Å²) in [5.74, 6) is -0.373. The molecule has 0 aliphatic carbocycles. The lowest BCUT2D eigenvalue weighted by molar-refractivity contribution is -0.123. The van der Waals surface area contributed by atoms with Crippen LogP contribution in [0.5, 0.6) is 0 Å². The summed E-state index contributed by atoms with van der Waals surface area (Å²) >= 11 is 13.7. The smallest absolute Gasteiger partial charge is 0.243 e. The lowest BCUT2D eigenvalue weighted by Gasteiger charge is -2.33. The van der Waals surface area contributed by atoms with Crippen LogP contribution in [-0.2, 0) is 21.4 Å². The summed E-state index contributed by atoms with van der Waals surface area (Å²) in [6.45, 7) is 7.34. The quantitative estimate of drug-likeness (QED) is 0.263. The van der Waals surface area contributed by atoms with E-state index in [-0.39, 0.29) is 29.8 Å². The molecule has 2 aromatic heterocycles. The van der Waals surface area contributed by atoms with E-state index >= 15 is 0 Å². The molecule has 8 nitrogen and oxygen atoms in total. The van der Waals surface area contributed by atoms with E-state index in [1.807, 2.05) is 43.7 Å². The Balaban J connectivity index is 1.37. The predicted octanol–water partition coefficient (Wildman–Crippen LogP) is 5.86. The number of rotatable bonds is 7. The fourth-order valence-corrected chi connectivity index (χ4v) is 8.02. The Morgan fingerprint density at radius 2 is 1.74 bits per heavy atom. The molecule has 1 aliphatic heterocycles. The van der Waals surface area contributed by atoms with Crippen molar-refractivity contribution < 1.29 is 13.2 Å². The van der Waals surface area contributed by atoms with Gasteiger partial charge in [0.05, 0.1) is 27.4 Å². The first-order chi connectivity index (χ1) is 18.5. The molecule has 0 bridgehead atoms. The number of thiazole rings is 1. The lowest BCUT2D eigenvalue weighted by Crippen LogP contribution is -2.45. The Bertz CT molecular complexity index is 1630. The fourth-order valence-electron chi connectivity index (χ4n) is 4.97. The van der Waals surface area contributed by atoms with E-state index in [9.17, 15) is 13.2 Å². The molecule has 1 aliphatic rings. The van der Waals surface area contributed by atoms with Crippen molar-refractivity contribution in [1.29, 1.82) is 0 Å². The Morgan fingerprint density at radius 1 is 1.05 bits per heavy atom. The zero-order valence-corrected chi connectivity index (χ0v) is 25.0. The molecule has 0 spiro atoms. The number of aryl methyl sites for hydroxylation is 3.